The van der Waals surface area contributed by atoms with Gasteiger partial charge in [0.2, 0.25) is 0 Å². The van der Waals surface area contributed by atoms with Gasteiger partial charge >= 0.3 is 5.97 Å². The molecule has 1 N–H and O–H groups in total. The molecule has 4 heteroatoms. The minimum absolute atomic E-state index is 0. The van der Waals surface area contributed by atoms with E-state index in [9.17, 15) is 4.79 Å². The van der Waals surface area contributed by atoms with Gasteiger partial charge in [0, 0.05) is 12.6 Å². The molecule has 3 nitrogen and oxygen atoms in total. The molecule has 1 heterocycles. The molecule has 0 spiro atoms. The van der Waals surface area contributed by atoms with Crippen LogP contribution in [0.25, 0.3) is 0 Å². The van der Waals surface area contributed by atoms with Crippen LogP contribution in [0, 0.1) is 11.8 Å². The summed E-state index contributed by atoms with van der Waals surface area (Å²) >= 11 is 0. The first-order valence-corrected chi connectivity index (χ1v) is 4.46. The molecule has 1 aliphatic rings. The van der Waals surface area contributed by atoms with Crippen molar-refractivity contribution in [2.75, 3.05) is 13.7 Å². The molecule has 0 aromatic rings. The Bertz CT molecular complexity index is 175. The van der Waals surface area contributed by atoms with Gasteiger partial charge in [0.25, 0.3) is 0 Å². The van der Waals surface area contributed by atoms with Crippen molar-refractivity contribution in [1.29, 1.82) is 0 Å². The van der Waals surface area contributed by atoms with Crippen molar-refractivity contribution in [2.45, 2.75) is 26.3 Å². The molecule has 1 rings (SSSR count). The van der Waals surface area contributed by atoms with Crippen LogP contribution in [0.5, 0.6) is 0 Å². The minimum atomic E-state index is -0.0822. The monoisotopic (exact) mass is 207 g/mol. The Morgan fingerprint density at radius 2 is 2.08 bits per heavy atom. The molecule has 1 fully saturated rings. The van der Waals surface area contributed by atoms with Gasteiger partial charge in [-0.15, -0.1) is 12.4 Å². The molecule has 0 saturated carbocycles. The SMILES string of the molecule is COC(=O)[C@@H]1CN[C@H](C)[C@H](C)C1.Cl. The maximum Gasteiger partial charge on any atom is 0.309 e. The molecule has 0 aliphatic carbocycles. The van der Waals surface area contributed by atoms with Crippen LogP contribution in [0.2, 0.25) is 0 Å². The number of carbonyl (C=O) groups is 1. The Balaban J connectivity index is 0.00000144. The fourth-order valence-corrected chi connectivity index (χ4v) is 1.61. The van der Waals surface area contributed by atoms with Gasteiger partial charge < -0.3 is 10.1 Å². The van der Waals surface area contributed by atoms with Crippen LogP contribution in [-0.2, 0) is 9.53 Å². The van der Waals surface area contributed by atoms with Crippen molar-refractivity contribution in [2.24, 2.45) is 11.8 Å². The lowest BCUT2D eigenvalue weighted by atomic mass is 9.87. The fraction of sp³-hybridized carbons (Fsp3) is 0.889. The first-order valence-electron chi connectivity index (χ1n) is 4.46. The Morgan fingerprint density at radius 1 is 1.46 bits per heavy atom. The van der Waals surface area contributed by atoms with E-state index in [1.807, 2.05) is 0 Å². The smallest absolute Gasteiger partial charge is 0.309 e. The molecule has 0 aromatic carbocycles. The zero-order valence-electron chi connectivity index (χ0n) is 8.37. The molecule has 0 bridgehead atoms. The zero-order valence-corrected chi connectivity index (χ0v) is 9.19. The molecular formula is C9H18ClNO2. The highest BCUT2D eigenvalue weighted by Gasteiger charge is 2.29. The lowest BCUT2D eigenvalue weighted by Crippen LogP contribution is -2.45. The topological polar surface area (TPSA) is 38.3 Å². The van der Waals surface area contributed by atoms with Crippen LogP contribution >= 0.6 is 12.4 Å². The summed E-state index contributed by atoms with van der Waals surface area (Å²) in [5.74, 6) is 0.533. The van der Waals surface area contributed by atoms with Crippen molar-refractivity contribution in [3.8, 4) is 0 Å². The van der Waals surface area contributed by atoms with E-state index in [2.05, 4.69) is 19.2 Å². The first kappa shape index (κ1) is 12.7. The molecule has 3 atom stereocenters. The van der Waals surface area contributed by atoms with Crippen molar-refractivity contribution in [3.05, 3.63) is 0 Å². The highest BCUT2D eigenvalue weighted by Crippen LogP contribution is 2.21. The third-order valence-electron chi connectivity index (χ3n) is 2.73. The summed E-state index contributed by atoms with van der Waals surface area (Å²) in [6.45, 7) is 5.07. The van der Waals surface area contributed by atoms with Crippen LogP contribution in [-0.4, -0.2) is 25.7 Å². The average molecular weight is 208 g/mol. The van der Waals surface area contributed by atoms with Crippen molar-refractivity contribution in [3.63, 3.8) is 0 Å². The normalized spacial score (nSPS) is 33.3. The second-order valence-corrected chi connectivity index (χ2v) is 3.63. The number of hydrogen-bond acceptors (Lipinski definition) is 3. The van der Waals surface area contributed by atoms with E-state index in [0.717, 1.165) is 13.0 Å². The quantitative estimate of drug-likeness (QED) is 0.657. The largest absolute Gasteiger partial charge is 0.469 e. The zero-order chi connectivity index (χ0) is 9.14. The first-order chi connectivity index (χ1) is 5.65. The molecule has 13 heavy (non-hydrogen) atoms. The second kappa shape index (κ2) is 5.45. The standard InChI is InChI=1S/C9H17NO2.ClH/c1-6-4-8(9(11)12-3)5-10-7(6)2;/h6-8,10H,4-5H2,1-3H3;1H/t6-,7-,8+;/m1./s1. The van der Waals surface area contributed by atoms with E-state index >= 15 is 0 Å². The lowest BCUT2D eigenvalue weighted by molar-refractivity contribution is -0.146. The van der Waals surface area contributed by atoms with Crippen LogP contribution < -0.4 is 5.32 Å². The number of nitrogens with one attached hydrogen (secondary N) is 1. The van der Waals surface area contributed by atoms with Gasteiger partial charge in [-0.1, -0.05) is 6.92 Å². The van der Waals surface area contributed by atoms with Gasteiger partial charge in [0.15, 0.2) is 0 Å². The molecule has 0 aromatic heterocycles. The number of hydrogen-bond donors (Lipinski definition) is 1. The second-order valence-electron chi connectivity index (χ2n) is 3.63. The van der Waals surface area contributed by atoms with Crippen LogP contribution in [0.1, 0.15) is 20.3 Å². The molecule has 0 amide bonds. The van der Waals surface area contributed by atoms with Gasteiger partial charge in [-0.2, -0.15) is 0 Å². The third kappa shape index (κ3) is 3.16. The highest BCUT2D eigenvalue weighted by atomic mass is 35.5. The van der Waals surface area contributed by atoms with Gasteiger partial charge in [-0.3, -0.25) is 4.79 Å². The Hall–Kier alpha value is -0.280. The van der Waals surface area contributed by atoms with Crippen LogP contribution in [0.4, 0.5) is 0 Å². The van der Waals surface area contributed by atoms with E-state index in [-0.39, 0.29) is 24.3 Å². The van der Waals surface area contributed by atoms with Crippen molar-refractivity contribution < 1.29 is 9.53 Å². The fourth-order valence-electron chi connectivity index (χ4n) is 1.61. The summed E-state index contributed by atoms with van der Waals surface area (Å²) < 4.78 is 4.69. The molecule has 0 radical (unpaired) electrons. The third-order valence-corrected chi connectivity index (χ3v) is 2.73. The number of esters is 1. The number of halogens is 1. The van der Waals surface area contributed by atoms with E-state index in [4.69, 9.17) is 4.74 Å². The number of rotatable bonds is 1. The number of ether oxygens (including phenoxy) is 1. The maximum atomic E-state index is 11.2. The molecular weight excluding hydrogens is 190 g/mol. The van der Waals surface area contributed by atoms with Crippen LogP contribution in [0.3, 0.4) is 0 Å². The Labute approximate surface area is 85.6 Å². The minimum Gasteiger partial charge on any atom is -0.469 e. The predicted octanol–water partition coefficient (Wildman–Crippen LogP) is 1.22. The van der Waals surface area contributed by atoms with Gasteiger partial charge in [0.1, 0.15) is 0 Å². The molecule has 0 unspecified atom stereocenters. The molecule has 1 aliphatic heterocycles. The number of carbonyl (C=O) groups excluding carboxylic acids is 1. The van der Waals surface area contributed by atoms with Crippen molar-refractivity contribution in [1.82, 2.24) is 5.32 Å². The van der Waals surface area contributed by atoms with E-state index in [1.165, 1.54) is 7.11 Å². The van der Waals surface area contributed by atoms with E-state index < -0.39 is 0 Å². The lowest BCUT2D eigenvalue weighted by Gasteiger charge is -2.31. The molecule has 78 valence electrons. The average Bonchev–Trinajstić information content (AvgIpc) is 2.08. The summed E-state index contributed by atoms with van der Waals surface area (Å²) in [7, 11) is 1.45. The summed E-state index contributed by atoms with van der Waals surface area (Å²) in [4.78, 5) is 11.2. The van der Waals surface area contributed by atoms with E-state index in [1.54, 1.807) is 0 Å². The summed E-state index contributed by atoms with van der Waals surface area (Å²) in [6.07, 6.45) is 0.945. The number of methoxy groups -OCH3 is 1. The van der Waals surface area contributed by atoms with Crippen LogP contribution in [0.15, 0.2) is 0 Å². The van der Waals surface area contributed by atoms with Gasteiger partial charge in [0.05, 0.1) is 13.0 Å². The van der Waals surface area contributed by atoms with Gasteiger partial charge in [-0.05, 0) is 19.3 Å². The Morgan fingerprint density at radius 3 is 2.54 bits per heavy atom. The maximum absolute atomic E-state index is 11.2. The van der Waals surface area contributed by atoms with Crippen molar-refractivity contribution >= 4 is 18.4 Å². The molecule has 1 saturated heterocycles. The predicted molar refractivity (Wildman–Crippen MR) is 54.0 cm³/mol. The summed E-state index contributed by atoms with van der Waals surface area (Å²) in [5, 5.41) is 3.30. The van der Waals surface area contributed by atoms with Gasteiger partial charge in [-0.25, -0.2) is 0 Å². The van der Waals surface area contributed by atoms with E-state index in [0.29, 0.717) is 12.0 Å². The highest BCUT2D eigenvalue weighted by molar-refractivity contribution is 5.85. The Kier molecular flexibility index (Phi) is 5.33. The summed E-state index contributed by atoms with van der Waals surface area (Å²) in [5.41, 5.74) is 0. The number of piperidine rings is 1. The summed E-state index contributed by atoms with van der Waals surface area (Å²) in [6, 6.07) is 0.519.